The van der Waals surface area contributed by atoms with Gasteiger partial charge in [-0.25, -0.2) is 4.90 Å². The molecule has 0 radical (unpaired) electrons. The molecule has 1 aliphatic rings. The van der Waals surface area contributed by atoms with Crippen molar-refractivity contribution in [1.82, 2.24) is 10.1 Å². The van der Waals surface area contributed by atoms with E-state index in [-0.39, 0.29) is 17.2 Å². The molecule has 1 atom stereocenters. The minimum Gasteiger partial charge on any atom is -0.452 e. The van der Waals surface area contributed by atoms with E-state index in [0.29, 0.717) is 39.2 Å². The predicted molar refractivity (Wildman–Crippen MR) is 143 cm³/mol. The number of nitro groups is 1. The number of aromatic nitrogens is 3. The number of H-pyrrole nitrogens is 1. The Morgan fingerprint density at radius 1 is 1.16 bits per heavy atom. The Hall–Kier alpha value is -4.25. The van der Waals surface area contributed by atoms with E-state index >= 15 is 0 Å². The molecule has 1 N–H and O–H groups in total. The first-order valence-electron chi connectivity index (χ1n) is 12.3. The minimum absolute atomic E-state index is 0.0240. The third-order valence-electron chi connectivity index (χ3n) is 6.33. The van der Waals surface area contributed by atoms with Gasteiger partial charge in [0.05, 0.1) is 16.2 Å². The number of hydrogen-bond donors (Lipinski definition) is 1. The van der Waals surface area contributed by atoms with E-state index < -0.39 is 11.1 Å². The summed E-state index contributed by atoms with van der Waals surface area (Å²) in [7, 11) is 0. The number of anilines is 1. The number of aromatic amines is 1. The molecule has 11 heteroatoms. The van der Waals surface area contributed by atoms with Crippen LogP contribution < -0.4 is 15.1 Å². The molecule has 194 valence electrons. The van der Waals surface area contributed by atoms with Gasteiger partial charge in [-0.05, 0) is 47.5 Å². The lowest BCUT2D eigenvalue weighted by Gasteiger charge is -2.30. The van der Waals surface area contributed by atoms with E-state index in [1.54, 1.807) is 46.0 Å². The van der Waals surface area contributed by atoms with Crippen molar-refractivity contribution in [3.8, 4) is 22.6 Å². The highest BCUT2D eigenvalue weighted by Gasteiger charge is 2.46. The van der Waals surface area contributed by atoms with Crippen molar-refractivity contribution < 1.29 is 18.8 Å². The van der Waals surface area contributed by atoms with Gasteiger partial charge in [-0.1, -0.05) is 43.7 Å². The SMILES string of the molecule is CCCCCSc1n[n+]2c(c(=O)[nH]1)-c1ccccc1N(C(C)=O)[C@H]2c1ccc(-c2ccc([N+](=O)[O-])cc2)o1. The fraction of sp³-hybridized carbons (Fsp3) is 0.259. The molecule has 5 rings (SSSR count). The van der Waals surface area contributed by atoms with E-state index in [4.69, 9.17) is 9.52 Å². The zero-order valence-electron chi connectivity index (χ0n) is 20.9. The molecule has 0 saturated carbocycles. The third kappa shape index (κ3) is 4.72. The second-order valence-electron chi connectivity index (χ2n) is 8.89. The molecule has 10 nitrogen and oxygen atoms in total. The Kier molecular flexibility index (Phi) is 7.10. The Morgan fingerprint density at radius 3 is 2.63 bits per heavy atom. The number of nitrogens with zero attached hydrogens (tertiary/aromatic N) is 4. The van der Waals surface area contributed by atoms with Gasteiger partial charge in [0, 0.05) is 35.5 Å². The molecule has 1 amide bonds. The summed E-state index contributed by atoms with van der Waals surface area (Å²) in [4.78, 5) is 41.5. The Labute approximate surface area is 222 Å². The molecule has 2 aromatic heterocycles. The lowest BCUT2D eigenvalue weighted by molar-refractivity contribution is -0.764. The smallest absolute Gasteiger partial charge is 0.325 e. The molecule has 0 bridgehead atoms. The Bertz CT molecular complexity index is 1560. The third-order valence-corrected chi connectivity index (χ3v) is 7.28. The number of amides is 1. The summed E-state index contributed by atoms with van der Waals surface area (Å²) in [5, 5.41) is 16.3. The van der Waals surface area contributed by atoms with Crippen LogP contribution in [-0.2, 0) is 4.79 Å². The minimum atomic E-state index is -0.846. The summed E-state index contributed by atoms with van der Waals surface area (Å²) < 4.78 is 7.77. The van der Waals surface area contributed by atoms with Gasteiger partial charge >= 0.3 is 17.4 Å². The highest BCUT2D eigenvalue weighted by molar-refractivity contribution is 7.99. The number of furan rings is 1. The highest BCUT2D eigenvalue weighted by Crippen LogP contribution is 2.38. The average Bonchev–Trinajstić information content (AvgIpc) is 3.40. The van der Waals surface area contributed by atoms with E-state index in [2.05, 4.69) is 11.9 Å². The zero-order chi connectivity index (χ0) is 26.8. The van der Waals surface area contributed by atoms with Crippen LogP contribution in [0, 0.1) is 10.1 Å². The number of thioether (sulfide) groups is 1. The van der Waals surface area contributed by atoms with Crippen LogP contribution in [0.4, 0.5) is 11.4 Å². The Balaban J connectivity index is 1.63. The fourth-order valence-corrected chi connectivity index (χ4v) is 5.40. The molecule has 4 aromatic rings. The van der Waals surface area contributed by atoms with E-state index in [1.807, 2.05) is 12.1 Å². The average molecular weight is 533 g/mol. The maximum absolute atomic E-state index is 13.4. The first-order chi connectivity index (χ1) is 18.4. The summed E-state index contributed by atoms with van der Waals surface area (Å²) in [5.74, 6) is 1.43. The maximum Gasteiger partial charge on any atom is 0.325 e. The summed E-state index contributed by atoms with van der Waals surface area (Å²) in [6.07, 6.45) is 2.32. The highest BCUT2D eigenvalue weighted by atomic mass is 32.2. The van der Waals surface area contributed by atoms with Crippen molar-refractivity contribution in [1.29, 1.82) is 0 Å². The quantitative estimate of drug-likeness (QED) is 0.110. The van der Waals surface area contributed by atoms with Gasteiger partial charge in [0.15, 0.2) is 5.76 Å². The van der Waals surface area contributed by atoms with Gasteiger partial charge in [-0.3, -0.25) is 24.7 Å². The van der Waals surface area contributed by atoms with Crippen LogP contribution in [0.15, 0.2) is 75.0 Å². The van der Waals surface area contributed by atoms with E-state index in [0.717, 1.165) is 25.0 Å². The van der Waals surface area contributed by atoms with Crippen molar-refractivity contribution in [2.24, 2.45) is 0 Å². The number of carbonyl (C=O) groups is 1. The van der Waals surface area contributed by atoms with Crippen molar-refractivity contribution in [3.63, 3.8) is 0 Å². The lowest BCUT2D eigenvalue weighted by atomic mass is 10.0. The predicted octanol–water partition coefficient (Wildman–Crippen LogP) is 5.09. The van der Waals surface area contributed by atoms with Gasteiger partial charge in [0.1, 0.15) is 5.76 Å². The van der Waals surface area contributed by atoms with Crippen LogP contribution in [0.25, 0.3) is 22.6 Å². The molecule has 0 fully saturated rings. The molecule has 1 aliphatic heterocycles. The standard InChI is InChI=1S/C27H25N5O5S/c1-3-4-7-16-38-27-28-25(34)24-20-8-5-6-9-21(20)30(17(2)33)26(31(24)29-27)23-15-14-22(37-23)18-10-12-19(13-11-18)32(35)36/h5-6,8-15,26H,3-4,7,16H2,1-2H3/p+1/t26-/m1/s1. The second-order valence-corrected chi connectivity index (χ2v) is 9.98. The number of non-ortho nitro benzene ring substituents is 1. The van der Waals surface area contributed by atoms with Crippen LogP contribution in [0.5, 0.6) is 0 Å². The molecule has 38 heavy (non-hydrogen) atoms. The van der Waals surface area contributed by atoms with Gasteiger partial charge in [0.2, 0.25) is 11.1 Å². The maximum atomic E-state index is 13.4. The summed E-state index contributed by atoms with van der Waals surface area (Å²) in [6.45, 7) is 3.59. The van der Waals surface area contributed by atoms with Gasteiger partial charge < -0.3 is 4.42 Å². The summed E-state index contributed by atoms with van der Waals surface area (Å²) in [5.41, 5.74) is 1.81. The number of benzene rings is 2. The molecule has 0 aliphatic carbocycles. The second kappa shape index (κ2) is 10.6. The van der Waals surface area contributed by atoms with E-state index in [9.17, 15) is 19.7 Å². The van der Waals surface area contributed by atoms with Crippen molar-refractivity contribution in [2.75, 3.05) is 10.7 Å². The van der Waals surface area contributed by atoms with Crippen molar-refractivity contribution >= 4 is 29.0 Å². The summed E-state index contributed by atoms with van der Waals surface area (Å²) in [6, 6.07) is 16.7. The van der Waals surface area contributed by atoms with Gasteiger partial charge in [0.25, 0.3) is 5.69 Å². The first kappa shape index (κ1) is 25.4. The number of unbranched alkanes of at least 4 members (excludes halogenated alkanes) is 2. The number of para-hydroxylation sites is 1. The topological polar surface area (TPSA) is 126 Å². The normalized spacial score (nSPS) is 14.2. The zero-order valence-corrected chi connectivity index (χ0v) is 21.7. The van der Waals surface area contributed by atoms with Gasteiger partial charge in [-0.2, -0.15) is 0 Å². The Morgan fingerprint density at radius 2 is 1.92 bits per heavy atom. The van der Waals surface area contributed by atoms with Crippen LogP contribution in [-0.4, -0.2) is 26.7 Å². The van der Waals surface area contributed by atoms with Gasteiger partial charge in [-0.15, -0.1) is 0 Å². The van der Waals surface area contributed by atoms with Crippen molar-refractivity contribution in [3.05, 3.63) is 86.9 Å². The number of rotatable bonds is 8. The number of nitrogens with one attached hydrogen (secondary N) is 1. The lowest BCUT2D eigenvalue weighted by Crippen LogP contribution is -2.60. The number of fused-ring (bicyclic) bond motifs is 3. The summed E-state index contributed by atoms with van der Waals surface area (Å²) >= 11 is 1.46. The molecular formula is C27H26N5O5S+. The number of hydrogen-bond acceptors (Lipinski definition) is 7. The van der Waals surface area contributed by atoms with Crippen LogP contribution in [0.3, 0.4) is 0 Å². The molecular weight excluding hydrogens is 506 g/mol. The number of nitro benzene ring substituents is 1. The van der Waals surface area contributed by atoms with Crippen LogP contribution in [0.2, 0.25) is 0 Å². The van der Waals surface area contributed by atoms with E-state index in [1.165, 1.54) is 30.8 Å². The number of carbonyl (C=O) groups excluding carboxylic acids is 1. The largest absolute Gasteiger partial charge is 0.452 e. The molecule has 0 saturated heterocycles. The van der Waals surface area contributed by atoms with Crippen LogP contribution >= 0.6 is 11.8 Å². The molecule has 0 spiro atoms. The molecule has 3 heterocycles. The molecule has 0 unspecified atom stereocenters. The fourth-order valence-electron chi connectivity index (χ4n) is 4.55. The molecule has 2 aromatic carbocycles. The van der Waals surface area contributed by atoms with Crippen LogP contribution in [0.1, 0.15) is 45.0 Å². The first-order valence-corrected chi connectivity index (χ1v) is 13.3. The monoisotopic (exact) mass is 532 g/mol. The van der Waals surface area contributed by atoms with Crippen molar-refractivity contribution in [2.45, 2.75) is 44.4 Å².